The summed E-state index contributed by atoms with van der Waals surface area (Å²) >= 11 is 11.7. The van der Waals surface area contributed by atoms with Crippen LogP contribution in [0.1, 0.15) is 42.3 Å². The number of halogens is 2. The Hall–Kier alpha value is -3.15. The molecule has 0 unspecified atom stereocenters. The third kappa shape index (κ3) is 3.69. The maximum atomic E-state index is 13.0. The van der Waals surface area contributed by atoms with Crippen molar-refractivity contribution in [1.29, 1.82) is 5.26 Å². The predicted molar refractivity (Wildman–Crippen MR) is 94.4 cm³/mol. The topological polar surface area (TPSA) is 126 Å². The van der Waals surface area contributed by atoms with Gasteiger partial charge in [-0.1, -0.05) is 23.2 Å². The second-order valence-electron chi connectivity index (χ2n) is 5.01. The van der Waals surface area contributed by atoms with E-state index in [2.05, 4.69) is 14.5 Å². The molecular formula is C17H10Cl2N2O6. The maximum Gasteiger partial charge on any atom is 0.355 e. The van der Waals surface area contributed by atoms with E-state index in [1.54, 1.807) is 0 Å². The molecule has 0 fully saturated rings. The van der Waals surface area contributed by atoms with Gasteiger partial charge in [-0.25, -0.2) is 9.59 Å². The molecule has 138 valence electrons. The van der Waals surface area contributed by atoms with E-state index in [9.17, 15) is 24.4 Å². The fourth-order valence-corrected chi connectivity index (χ4v) is 2.58. The first-order chi connectivity index (χ1) is 12.8. The molecule has 0 spiro atoms. The van der Waals surface area contributed by atoms with Crippen molar-refractivity contribution in [3.63, 3.8) is 0 Å². The van der Waals surface area contributed by atoms with Gasteiger partial charge in [-0.2, -0.15) is 5.26 Å². The highest BCUT2D eigenvalue weighted by Crippen LogP contribution is 2.26. The van der Waals surface area contributed by atoms with Gasteiger partial charge in [0.2, 0.25) is 0 Å². The summed E-state index contributed by atoms with van der Waals surface area (Å²) in [5, 5.41) is 9.47. The fraction of sp³-hybridized carbons (Fsp3) is 0.118. The first-order valence-electron chi connectivity index (χ1n) is 7.13. The molecule has 1 aromatic heterocycles. The summed E-state index contributed by atoms with van der Waals surface area (Å²) in [5.74, 6) is -3.11. The van der Waals surface area contributed by atoms with E-state index in [0.29, 0.717) is 0 Å². The van der Waals surface area contributed by atoms with Gasteiger partial charge in [-0.3, -0.25) is 9.59 Å². The molecule has 0 aliphatic rings. The lowest BCUT2D eigenvalue weighted by Crippen LogP contribution is -2.28. The number of ketones is 1. The molecule has 2 aromatic rings. The number of benzene rings is 1. The quantitative estimate of drug-likeness (QED) is 0.607. The van der Waals surface area contributed by atoms with Gasteiger partial charge in [0, 0.05) is 5.56 Å². The van der Waals surface area contributed by atoms with E-state index in [0.717, 1.165) is 14.2 Å². The summed E-state index contributed by atoms with van der Waals surface area (Å²) in [6.45, 7) is 0. The fourth-order valence-electron chi connectivity index (χ4n) is 2.28. The van der Waals surface area contributed by atoms with Crippen LogP contribution in [0, 0.1) is 11.3 Å². The lowest BCUT2D eigenvalue weighted by atomic mass is 9.94. The summed E-state index contributed by atoms with van der Waals surface area (Å²) in [6.07, 6.45) is 0. The van der Waals surface area contributed by atoms with E-state index < -0.39 is 45.7 Å². The number of nitrogens with zero attached hydrogens (tertiary/aromatic N) is 1. The average molecular weight is 409 g/mol. The molecule has 0 saturated heterocycles. The Kier molecular flexibility index (Phi) is 6.00. The zero-order valence-corrected chi connectivity index (χ0v) is 15.4. The van der Waals surface area contributed by atoms with Crippen LogP contribution in [0.15, 0.2) is 23.0 Å². The first-order valence-corrected chi connectivity index (χ1v) is 7.89. The second kappa shape index (κ2) is 8.03. The van der Waals surface area contributed by atoms with Gasteiger partial charge in [0.25, 0.3) is 5.56 Å². The lowest BCUT2D eigenvalue weighted by molar-refractivity contribution is 0.0586. The van der Waals surface area contributed by atoms with Crippen molar-refractivity contribution in [3.8, 4) is 6.07 Å². The normalized spacial score (nSPS) is 10.0. The van der Waals surface area contributed by atoms with Gasteiger partial charge in [-0.05, 0) is 18.2 Å². The van der Waals surface area contributed by atoms with Crippen molar-refractivity contribution in [2.45, 2.75) is 0 Å². The van der Waals surface area contributed by atoms with Crippen LogP contribution in [0.2, 0.25) is 10.0 Å². The molecule has 1 aromatic carbocycles. The highest BCUT2D eigenvalue weighted by atomic mass is 35.5. The average Bonchev–Trinajstić information content (AvgIpc) is 2.67. The number of nitriles is 1. The molecule has 0 atom stereocenters. The zero-order valence-electron chi connectivity index (χ0n) is 13.9. The number of hydrogen-bond donors (Lipinski definition) is 1. The van der Waals surface area contributed by atoms with Crippen LogP contribution in [0.4, 0.5) is 0 Å². The van der Waals surface area contributed by atoms with Crippen molar-refractivity contribution in [2.75, 3.05) is 14.2 Å². The number of aromatic nitrogens is 1. The van der Waals surface area contributed by atoms with Crippen LogP contribution in [0.5, 0.6) is 0 Å². The first kappa shape index (κ1) is 20.2. The maximum absolute atomic E-state index is 13.0. The van der Waals surface area contributed by atoms with Gasteiger partial charge in [0.1, 0.15) is 17.3 Å². The molecule has 27 heavy (non-hydrogen) atoms. The smallest absolute Gasteiger partial charge is 0.355 e. The molecular weight excluding hydrogens is 399 g/mol. The highest BCUT2D eigenvalue weighted by molar-refractivity contribution is 6.42. The molecule has 0 bridgehead atoms. The molecule has 8 nitrogen and oxygen atoms in total. The largest absolute Gasteiger partial charge is 0.465 e. The number of ether oxygens (including phenoxy) is 2. The molecule has 10 heteroatoms. The van der Waals surface area contributed by atoms with Crippen molar-refractivity contribution >= 4 is 40.9 Å². The monoisotopic (exact) mass is 408 g/mol. The van der Waals surface area contributed by atoms with Crippen LogP contribution in [0.25, 0.3) is 0 Å². The van der Waals surface area contributed by atoms with Crippen molar-refractivity contribution < 1.29 is 23.9 Å². The third-order valence-corrected chi connectivity index (χ3v) is 4.25. The summed E-state index contributed by atoms with van der Waals surface area (Å²) in [6, 6.07) is 5.39. The van der Waals surface area contributed by atoms with Crippen LogP contribution in [0.3, 0.4) is 0 Å². The number of carbonyl (C=O) groups is 3. The number of carbonyl (C=O) groups excluding carboxylic acids is 3. The highest BCUT2D eigenvalue weighted by Gasteiger charge is 2.32. The number of nitrogens with one attached hydrogen (secondary N) is 1. The van der Waals surface area contributed by atoms with E-state index >= 15 is 0 Å². The second-order valence-corrected chi connectivity index (χ2v) is 5.82. The Labute approximate surface area is 162 Å². The number of aromatic amines is 1. The molecule has 0 amide bonds. The number of esters is 2. The summed E-state index contributed by atoms with van der Waals surface area (Å²) in [5.41, 5.74) is -3.58. The molecule has 0 radical (unpaired) electrons. The van der Waals surface area contributed by atoms with Gasteiger partial charge < -0.3 is 14.5 Å². The molecule has 0 aliphatic carbocycles. The van der Waals surface area contributed by atoms with Crippen molar-refractivity contribution in [2.24, 2.45) is 0 Å². The van der Waals surface area contributed by atoms with Crippen molar-refractivity contribution in [1.82, 2.24) is 4.98 Å². The minimum absolute atomic E-state index is 0.0457. The third-order valence-electron chi connectivity index (χ3n) is 3.52. The number of H-pyrrole nitrogens is 1. The van der Waals surface area contributed by atoms with Crippen LogP contribution < -0.4 is 5.56 Å². The number of rotatable bonds is 4. The van der Waals surface area contributed by atoms with Crippen LogP contribution in [-0.4, -0.2) is 36.9 Å². The molecule has 0 saturated carbocycles. The summed E-state index contributed by atoms with van der Waals surface area (Å²) in [7, 11) is 2.01. The van der Waals surface area contributed by atoms with E-state index in [1.165, 1.54) is 24.3 Å². The molecule has 2 rings (SSSR count). The number of hydrogen-bond acceptors (Lipinski definition) is 7. The van der Waals surface area contributed by atoms with Gasteiger partial charge in [0.15, 0.2) is 5.78 Å². The van der Waals surface area contributed by atoms with Crippen molar-refractivity contribution in [3.05, 3.63) is 66.5 Å². The summed E-state index contributed by atoms with van der Waals surface area (Å²) < 4.78 is 9.14. The summed E-state index contributed by atoms with van der Waals surface area (Å²) in [4.78, 5) is 51.5. The van der Waals surface area contributed by atoms with Crippen LogP contribution >= 0.6 is 23.2 Å². The minimum Gasteiger partial charge on any atom is -0.465 e. The van der Waals surface area contributed by atoms with E-state index in [-0.39, 0.29) is 15.6 Å². The van der Waals surface area contributed by atoms with Gasteiger partial charge in [0.05, 0.1) is 35.4 Å². The van der Waals surface area contributed by atoms with Gasteiger partial charge in [-0.15, -0.1) is 0 Å². The zero-order chi connectivity index (χ0) is 20.3. The lowest BCUT2D eigenvalue weighted by Gasteiger charge is -2.13. The standard InChI is InChI=1S/C17H10Cl2N2O6/c1-26-16(24)11-8(6-20)15(23)21-13(17(25)27-2)12(11)14(22)7-3-4-9(18)10(19)5-7/h3-5H,1-2H3,(H,21,23). The Bertz CT molecular complexity index is 1070. The molecule has 0 aliphatic heterocycles. The Morgan fingerprint density at radius 1 is 1.04 bits per heavy atom. The number of methoxy groups -OCH3 is 2. The Morgan fingerprint density at radius 3 is 2.19 bits per heavy atom. The minimum atomic E-state index is -1.15. The van der Waals surface area contributed by atoms with E-state index in [1.807, 2.05) is 0 Å². The van der Waals surface area contributed by atoms with E-state index in [4.69, 9.17) is 23.2 Å². The molecule has 1 N–H and O–H groups in total. The van der Waals surface area contributed by atoms with Gasteiger partial charge >= 0.3 is 11.9 Å². The van der Waals surface area contributed by atoms with Crippen LogP contribution in [-0.2, 0) is 9.47 Å². The Balaban J connectivity index is 2.93. The Morgan fingerprint density at radius 2 is 1.67 bits per heavy atom. The number of pyridine rings is 1. The predicted octanol–water partition coefficient (Wildman–Crippen LogP) is 2.36. The SMILES string of the molecule is COC(=O)c1[nH]c(=O)c(C#N)c(C(=O)OC)c1C(=O)c1ccc(Cl)c(Cl)c1. The molecule has 1 heterocycles.